The molecule has 0 unspecified atom stereocenters. The van der Waals surface area contributed by atoms with E-state index in [4.69, 9.17) is 4.52 Å². The predicted molar refractivity (Wildman–Crippen MR) is 86.2 cm³/mol. The average Bonchev–Trinajstić information content (AvgIpc) is 3.09. The SMILES string of the molecule is Cc1noc(CNC(=O)C2CN(c3nc4ccc(F)cc4s3)C2)n1. The van der Waals surface area contributed by atoms with Crippen LogP contribution in [0.1, 0.15) is 11.7 Å². The Hall–Kier alpha value is -2.55. The van der Waals surface area contributed by atoms with Crippen LogP contribution in [0.5, 0.6) is 0 Å². The van der Waals surface area contributed by atoms with Gasteiger partial charge in [-0.25, -0.2) is 9.37 Å². The topological polar surface area (TPSA) is 84.2 Å². The zero-order chi connectivity index (χ0) is 16.7. The fourth-order valence-electron chi connectivity index (χ4n) is 2.54. The van der Waals surface area contributed by atoms with Crippen LogP contribution >= 0.6 is 11.3 Å². The van der Waals surface area contributed by atoms with E-state index in [1.54, 1.807) is 13.0 Å². The van der Waals surface area contributed by atoms with Crippen LogP contribution in [0.25, 0.3) is 10.2 Å². The van der Waals surface area contributed by atoms with E-state index in [-0.39, 0.29) is 24.2 Å². The first-order valence-corrected chi connectivity index (χ1v) is 8.28. The van der Waals surface area contributed by atoms with Crippen molar-refractivity contribution in [3.63, 3.8) is 0 Å². The number of halogens is 1. The molecule has 0 atom stereocenters. The third kappa shape index (κ3) is 2.82. The summed E-state index contributed by atoms with van der Waals surface area (Å²) in [5, 5.41) is 7.28. The Labute approximate surface area is 140 Å². The number of aryl methyl sites for hydroxylation is 1. The molecule has 124 valence electrons. The largest absolute Gasteiger partial charge is 0.347 e. The maximum Gasteiger partial charge on any atom is 0.246 e. The summed E-state index contributed by atoms with van der Waals surface area (Å²) in [6, 6.07) is 4.55. The maximum atomic E-state index is 13.2. The van der Waals surface area contributed by atoms with Crippen molar-refractivity contribution >= 4 is 32.6 Å². The van der Waals surface area contributed by atoms with E-state index in [9.17, 15) is 9.18 Å². The van der Waals surface area contributed by atoms with Crippen LogP contribution < -0.4 is 10.2 Å². The van der Waals surface area contributed by atoms with E-state index in [1.807, 2.05) is 4.90 Å². The second-order valence-electron chi connectivity index (χ2n) is 5.66. The number of nitrogens with one attached hydrogen (secondary N) is 1. The molecule has 0 spiro atoms. The highest BCUT2D eigenvalue weighted by Gasteiger charge is 2.34. The molecule has 24 heavy (non-hydrogen) atoms. The number of amides is 1. The van der Waals surface area contributed by atoms with Gasteiger partial charge in [0, 0.05) is 13.1 Å². The van der Waals surface area contributed by atoms with Crippen molar-refractivity contribution < 1.29 is 13.7 Å². The molecule has 0 saturated carbocycles. The van der Waals surface area contributed by atoms with Crippen molar-refractivity contribution in [1.29, 1.82) is 0 Å². The molecular formula is C15H14FN5O2S. The Morgan fingerprint density at radius 2 is 2.29 bits per heavy atom. The summed E-state index contributed by atoms with van der Waals surface area (Å²) >= 11 is 1.43. The van der Waals surface area contributed by atoms with Crippen LogP contribution in [0.15, 0.2) is 22.7 Å². The fourth-order valence-corrected chi connectivity index (χ4v) is 3.55. The smallest absolute Gasteiger partial charge is 0.246 e. The zero-order valence-electron chi connectivity index (χ0n) is 12.8. The van der Waals surface area contributed by atoms with E-state index in [1.165, 1.54) is 23.5 Å². The molecular weight excluding hydrogens is 333 g/mol. The summed E-state index contributed by atoms with van der Waals surface area (Å²) in [4.78, 5) is 22.6. The molecule has 3 heterocycles. The number of carbonyl (C=O) groups is 1. The molecule has 7 nitrogen and oxygen atoms in total. The van der Waals surface area contributed by atoms with Gasteiger partial charge in [-0.2, -0.15) is 4.98 Å². The van der Waals surface area contributed by atoms with Crippen molar-refractivity contribution in [3.05, 3.63) is 35.7 Å². The molecule has 4 rings (SSSR count). The van der Waals surface area contributed by atoms with Crippen molar-refractivity contribution in [2.75, 3.05) is 18.0 Å². The first-order valence-electron chi connectivity index (χ1n) is 7.46. The first-order chi connectivity index (χ1) is 11.6. The summed E-state index contributed by atoms with van der Waals surface area (Å²) in [5.74, 6) is 0.522. The minimum absolute atomic E-state index is 0.0470. The molecule has 3 aromatic rings. The van der Waals surface area contributed by atoms with Crippen molar-refractivity contribution in [2.24, 2.45) is 5.92 Å². The molecule has 9 heteroatoms. The number of hydrogen-bond donors (Lipinski definition) is 1. The number of anilines is 1. The Balaban J connectivity index is 1.34. The number of thiazole rings is 1. The summed E-state index contributed by atoms with van der Waals surface area (Å²) in [6.45, 7) is 3.15. The number of nitrogens with zero attached hydrogens (tertiary/aromatic N) is 4. The van der Waals surface area contributed by atoms with E-state index < -0.39 is 0 Å². The Morgan fingerprint density at radius 1 is 1.46 bits per heavy atom. The molecule has 1 fully saturated rings. The summed E-state index contributed by atoms with van der Waals surface area (Å²) in [5.41, 5.74) is 0.774. The molecule has 0 bridgehead atoms. The molecule has 1 saturated heterocycles. The number of aromatic nitrogens is 3. The molecule has 0 aliphatic carbocycles. The fraction of sp³-hybridized carbons (Fsp3) is 0.333. The van der Waals surface area contributed by atoms with Gasteiger partial charge in [-0.1, -0.05) is 16.5 Å². The monoisotopic (exact) mass is 347 g/mol. The summed E-state index contributed by atoms with van der Waals surface area (Å²) in [6.07, 6.45) is 0. The van der Waals surface area contributed by atoms with Gasteiger partial charge in [0.2, 0.25) is 11.8 Å². The predicted octanol–water partition coefficient (Wildman–Crippen LogP) is 1.88. The third-order valence-electron chi connectivity index (χ3n) is 3.85. The molecule has 1 aliphatic rings. The Kier molecular flexibility index (Phi) is 3.64. The lowest BCUT2D eigenvalue weighted by Crippen LogP contribution is -2.53. The highest BCUT2D eigenvalue weighted by Crippen LogP contribution is 2.33. The second-order valence-corrected chi connectivity index (χ2v) is 6.67. The lowest BCUT2D eigenvalue weighted by Gasteiger charge is -2.37. The van der Waals surface area contributed by atoms with Crippen LogP contribution in [0.3, 0.4) is 0 Å². The van der Waals surface area contributed by atoms with Crippen LogP contribution in [-0.4, -0.2) is 34.1 Å². The molecule has 2 aromatic heterocycles. The summed E-state index contributed by atoms with van der Waals surface area (Å²) in [7, 11) is 0. The lowest BCUT2D eigenvalue weighted by atomic mass is 10.0. The van der Waals surface area contributed by atoms with Gasteiger partial charge in [0.05, 0.1) is 22.7 Å². The molecule has 1 aliphatic heterocycles. The van der Waals surface area contributed by atoms with Crippen molar-refractivity contribution in [1.82, 2.24) is 20.4 Å². The summed E-state index contributed by atoms with van der Waals surface area (Å²) < 4.78 is 19.0. The van der Waals surface area contributed by atoms with Gasteiger partial charge in [0.1, 0.15) is 5.82 Å². The van der Waals surface area contributed by atoms with Gasteiger partial charge >= 0.3 is 0 Å². The standard InChI is InChI=1S/C15H14FN5O2S/c1-8-18-13(23-20-8)5-17-14(22)9-6-21(7-9)15-19-11-3-2-10(16)4-12(11)24-15/h2-4,9H,5-7H2,1H3,(H,17,22). The Morgan fingerprint density at radius 3 is 3.04 bits per heavy atom. The highest BCUT2D eigenvalue weighted by molar-refractivity contribution is 7.22. The van der Waals surface area contributed by atoms with Gasteiger partial charge in [0.25, 0.3) is 0 Å². The minimum atomic E-state index is -0.269. The molecule has 1 N–H and O–H groups in total. The lowest BCUT2D eigenvalue weighted by molar-refractivity contribution is -0.126. The number of carbonyl (C=O) groups excluding carboxylic acids is 1. The third-order valence-corrected chi connectivity index (χ3v) is 4.92. The molecule has 0 radical (unpaired) electrons. The number of hydrogen-bond acceptors (Lipinski definition) is 7. The van der Waals surface area contributed by atoms with Crippen molar-refractivity contribution in [2.45, 2.75) is 13.5 Å². The van der Waals surface area contributed by atoms with Gasteiger partial charge in [-0.15, -0.1) is 0 Å². The first kappa shape index (κ1) is 15.0. The molecule has 1 aromatic carbocycles. The molecule has 1 amide bonds. The minimum Gasteiger partial charge on any atom is -0.347 e. The van der Waals surface area contributed by atoms with Crippen LogP contribution in [0.2, 0.25) is 0 Å². The van der Waals surface area contributed by atoms with Crippen molar-refractivity contribution in [3.8, 4) is 0 Å². The number of rotatable bonds is 4. The van der Waals surface area contributed by atoms with E-state index in [2.05, 4.69) is 20.4 Å². The van der Waals surface area contributed by atoms with E-state index in [0.29, 0.717) is 24.8 Å². The van der Waals surface area contributed by atoms with Gasteiger partial charge < -0.3 is 14.7 Å². The number of benzene rings is 1. The highest BCUT2D eigenvalue weighted by atomic mass is 32.1. The van der Waals surface area contributed by atoms with E-state index in [0.717, 1.165) is 15.3 Å². The van der Waals surface area contributed by atoms with Crippen LogP contribution in [0.4, 0.5) is 9.52 Å². The van der Waals surface area contributed by atoms with Gasteiger partial charge in [-0.3, -0.25) is 4.79 Å². The average molecular weight is 347 g/mol. The van der Waals surface area contributed by atoms with Gasteiger partial charge in [0.15, 0.2) is 11.0 Å². The quantitative estimate of drug-likeness (QED) is 0.776. The van der Waals surface area contributed by atoms with E-state index >= 15 is 0 Å². The van der Waals surface area contributed by atoms with Gasteiger partial charge in [-0.05, 0) is 25.1 Å². The van der Waals surface area contributed by atoms with Crippen LogP contribution in [-0.2, 0) is 11.3 Å². The number of fused-ring (bicyclic) bond motifs is 1. The maximum absolute atomic E-state index is 13.2. The second kappa shape index (κ2) is 5.82. The Bertz CT molecular complexity index is 902. The zero-order valence-corrected chi connectivity index (χ0v) is 13.6. The van der Waals surface area contributed by atoms with Crippen LogP contribution in [0, 0.1) is 18.7 Å². The normalized spacial score (nSPS) is 14.8.